The maximum absolute atomic E-state index is 12.9. The lowest BCUT2D eigenvalue weighted by molar-refractivity contribution is -0.115. The fourth-order valence-corrected chi connectivity index (χ4v) is 2.46. The predicted octanol–water partition coefficient (Wildman–Crippen LogP) is 4.32. The number of aromatic nitrogens is 1. The molecule has 2 N–H and O–H groups in total. The molecule has 0 saturated carbocycles. The van der Waals surface area contributed by atoms with E-state index in [2.05, 4.69) is 15.6 Å². The third-order valence-corrected chi connectivity index (χ3v) is 3.93. The minimum Gasteiger partial charge on any atom is -0.380 e. The molecule has 0 aliphatic rings. The average molecular weight is 349 g/mol. The lowest BCUT2D eigenvalue weighted by Crippen LogP contribution is -2.15. The van der Waals surface area contributed by atoms with Gasteiger partial charge in [0.15, 0.2) is 0 Å². The molecule has 0 atom stereocenters. The van der Waals surface area contributed by atoms with Crippen LogP contribution in [0.2, 0.25) is 0 Å². The number of nitrogens with zero attached hydrogens (tertiary/aromatic N) is 1. The van der Waals surface area contributed by atoms with Gasteiger partial charge in [0.2, 0.25) is 5.91 Å². The number of halogens is 1. The summed E-state index contributed by atoms with van der Waals surface area (Å²) in [4.78, 5) is 16.3. The molecule has 0 aliphatic heterocycles. The van der Waals surface area contributed by atoms with Crippen molar-refractivity contribution in [2.45, 2.75) is 19.9 Å². The van der Waals surface area contributed by atoms with E-state index in [1.54, 1.807) is 24.4 Å². The van der Waals surface area contributed by atoms with E-state index in [0.29, 0.717) is 18.8 Å². The maximum Gasteiger partial charge on any atom is 0.229 e. The molecule has 0 saturated heterocycles. The van der Waals surface area contributed by atoms with E-state index in [-0.39, 0.29) is 11.7 Å². The van der Waals surface area contributed by atoms with Gasteiger partial charge in [-0.1, -0.05) is 42.0 Å². The van der Waals surface area contributed by atoms with Crippen molar-refractivity contribution in [2.75, 3.05) is 10.6 Å². The van der Waals surface area contributed by atoms with Crippen LogP contribution in [0.5, 0.6) is 0 Å². The Balaban J connectivity index is 1.51. The van der Waals surface area contributed by atoms with Crippen molar-refractivity contribution in [3.63, 3.8) is 0 Å². The number of carbonyl (C=O) groups is 1. The second-order valence-corrected chi connectivity index (χ2v) is 6.12. The summed E-state index contributed by atoms with van der Waals surface area (Å²) in [6, 6.07) is 17.8. The molecule has 0 spiro atoms. The number of nitrogens with one attached hydrogen (secondary N) is 2. The van der Waals surface area contributed by atoms with Crippen LogP contribution in [0.4, 0.5) is 15.9 Å². The largest absolute Gasteiger partial charge is 0.380 e. The second kappa shape index (κ2) is 8.25. The summed E-state index contributed by atoms with van der Waals surface area (Å²) >= 11 is 0. The summed E-state index contributed by atoms with van der Waals surface area (Å²) in [7, 11) is 0. The number of aryl methyl sites for hydroxylation is 1. The van der Waals surface area contributed by atoms with E-state index in [4.69, 9.17) is 0 Å². The van der Waals surface area contributed by atoms with Gasteiger partial charge in [-0.2, -0.15) is 0 Å². The molecule has 1 heterocycles. The first-order chi connectivity index (χ1) is 12.6. The molecule has 2 aromatic carbocycles. The second-order valence-electron chi connectivity index (χ2n) is 6.12. The van der Waals surface area contributed by atoms with Crippen molar-refractivity contribution in [1.82, 2.24) is 4.98 Å². The van der Waals surface area contributed by atoms with Gasteiger partial charge in [0.25, 0.3) is 0 Å². The van der Waals surface area contributed by atoms with Gasteiger partial charge in [-0.15, -0.1) is 0 Å². The standard InChI is InChI=1S/C21H20FN3O/c1-15-2-4-16(5-3-15)12-21(26)25-20-11-10-19(14-24-20)23-13-17-6-8-18(22)9-7-17/h2-11,14,23H,12-13H2,1H3,(H,24,25,26). The normalized spacial score (nSPS) is 10.4. The van der Waals surface area contributed by atoms with Crippen LogP contribution in [0.1, 0.15) is 16.7 Å². The number of anilines is 2. The smallest absolute Gasteiger partial charge is 0.229 e. The van der Waals surface area contributed by atoms with Crippen molar-refractivity contribution < 1.29 is 9.18 Å². The molecule has 0 unspecified atom stereocenters. The number of carbonyl (C=O) groups excluding carboxylic acids is 1. The van der Waals surface area contributed by atoms with E-state index < -0.39 is 0 Å². The molecule has 132 valence electrons. The number of hydrogen-bond donors (Lipinski definition) is 2. The van der Waals surface area contributed by atoms with Gasteiger partial charge < -0.3 is 10.6 Å². The first-order valence-corrected chi connectivity index (χ1v) is 8.38. The number of benzene rings is 2. The van der Waals surface area contributed by atoms with Crippen molar-refractivity contribution >= 4 is 17.4 Å². The minimum atomic E-state index is -0.249. The Kier molecular flexibility index (Phi) is 5.59. The Morgan fingerprint density at radius 1 is 0.962 bits per heavy atom. The van der Waals surface area contributed by atoms with Crippen LogP contribution >= 0.6 is 0 Å². The lowest BCUT2D eigenvalue weighted by atomic mass is 10.1. The number of rotatable bonds is 6. The van der Waals surface area contributed by atoms with Crippen LogP contribution in [0.25, 0.3) is 0 Å². The Bertz CT molecular complexity index is 859. The molecule has 0 aliphatic carbocycles. The van der Waals surface area contributed by atoms with Gasteiger partial charge in [0, 0.05) is 6.54 Å². The number of hydrogen-bond acceptors (Lipinski definition) is 3. The Hall–Kier alpha value is -3.21. The first-order valence-electron chi connectivity index (χ1n) is 8.38. The zero-order valence-electron chi connectivity index (χ0n) is 14.5. The molecule has 0 fully saturated rings. The van der Waals surface area contributed by atoms with E-state index >= 15 is 0 Å². The Labute approximate surface area is 152 Å². The molecule has 5 heteroatoms. The fraction of sp³-hybridized carbons (Fsp3) is 0.143. The molecule has 3 rings (SSSR count). The summed E-state index contributed by atoms with van der Waals surface area (Å²) in [5.74, 6) is 0.156. The molecule has 4 nitrogen and oxygen atoms in total. The van der Waals surface area contributed by atoms with Gasteiger partial charge in [0.1, 0.15) is 11.6 Å². The lowest BCUT2D eigenvalue weighted by Gasteiger charge is -2.08. The van der Waals surface area contributed by atoms with Crippen LogP contribution in [0.15, 0.2) is 66.9 Å². The van der Waals surface area contributed by atoms with Crippen LogP contribution in [0.3, 0.4) is 0 Å². The highest BCUT2D eigenvalue weighted by molar-refractivity contribution is 5.91. The SMILES string of the molecule is Cc1ccc(CC(=O)Nc2ccc(NCc3ccc(F)cc3)cn2)cc1. The molecule has 3 aromatic rings. The van der Waals surface area contributed by atoms with E-state index in [1.807, 2.05) is 37.3 Å². The molecule has 0 radical (unpaired) electrons. The van der Waals surface area contributed by atoms with Crippen molar-refractivity contribution in [3.05, 3.63) is 89.4 Å². The maximum atomic E-state index is 12.9. The minimum absolute atomic E-state index is 0.103. The van der Waals surface area contributed by atoms with Crippen molar-refractivity contribution in [2.24, 2.45) is 0 Å². The van der Waals surface area contributed by atoms with Crippen LogP contribution < -0.4 is 10.6 Å². The summed E-state index contributed by atoms with van der Waals surface area (Å²) in [6.45, 7) is 2.58. The predicted molar refractivity (Wildman–Crippen MR) is 101 cm³/mol. The molecule has 1 amide bonds. The zero-order chi connectivity index (χ0) is 18.4. The molecular weight excluding hydrogens is 329 g/mol. The van der Waals surface area contributed by atoms with E-state index in [9.17, 15) is 9.18 Å². The highest BCUT2D eigenvalue weighted by atomic mass is 19.1. The van der Waals surface area contributed by atoms with Crippen molar-refractivity contribution in [3.8, 4) is 0 Å². The van der Waals surface area contributed by atoms with E-state index in [1.165, 1.54) is 17.7 Å². The summed E-state index contributed by atoms with van der Waals surface area (Å²) < 4.78 is 12.9. The topological polar surface area (TPSA) is 54.0 Å². The van der Waals surface area contributed by atoms with Gasteiger partial charge in [0.05, 0.1) is 18.3 Å². The highest BCUT2D eigenvalue weighted by Gasteiger charge is 2.05. The molecular formula is C21H20FN3O. The number of pyridine rings is 1. The third-order valence-electron chi connectivity index (χ3n) is 3.93. The van der Waals surface area contributed by atoms with Crippen LogP contribution in [0, 0.1) is 12.7 Å². The number of amides is 1. The van der Waals surface area contributed by atoms with Gasteiger partial charge in [-0.05, 0) is 42.3 Å². The summed E-state index contributed by atoms with van der Waals surface area (Å²) in [5, 5.41) is 6.00. The summed E-state index contributed by atoms with van der Waals surface area (Å²) in [6.07, 6.45) is 1.97. The van der Waals surface area contributed by atoms with Gasteiger partial charge in [-0.25, -0.2) is 9.37 Å². The van der Waals surface area contributed by atoms with Crippen molar-refractivity contribution in [1.29, 1.82) is 0 Å². The first kappa shape index (κ1) is 17.6. The van der Waals surface area contributed by atoms with E-state index in [0.717, 1.165) is 16.8 Å². The molecule has 26 heavy (non-hydrogen) atoms. The molecule has 0 bridgehead atoms. The fourth-order valence-electron chi connectivity index (χ4n) is 2.46. The Morgan fingerprint density at radius 2 is 1.65 bits per heavy atom. The van der Waals surface area contributed by atoms with Crippen LogP contribution in [-0.2, 0) is 17.8 Å². The third kappa shape index (κ3) is 5.14. The quantitative estimate of drug-likeness (QED) is 0.697. The van der Waals surface area contributed by atoms with Gasteiger partial charge >= 0.3 is 0 Å². The monoisotopic (exact) mass is 349 g/mol. The van der Waals surface area contributed by atoms with Crippen LogP contribution in [-0.4, -0.2) is 10.9 Å². The average Bonchev–Trinajstić information content (AvgIpc) is 2.64. The molecule has 1 aromatic heterocycles. The summed E-state index contributed by atoms with van der Waals surface area (Å²) in [5.41, 5.74) is 3.93. The highest BCUT2D eigenvalue weighted by Crippen LogP contribution is 2.12. The zero-order valence-corrected chi connectivity index (χ0v) is 14.5. The Morgan fingerprint density at radius 3 is 2.31 bits per heavy atom. The van der Waals surface area contributed by atoms with Gasteiger partial charge in [-0.3, -0.25) is 4.79 Å².